The number of methoxy groups -OCH3 is 1. The van der Waals surface area contributed by atoms with E-state index in [0.717, 1.165) is 11.8 Å². The largest absolute Gasteiger partial charge is 0.497 e. The molecule has 5 nitrogen and oxygen atoms in total. The van der Waals surface area contributed by atoms with Gasteiger partial charge in [-0.2, -0.15) is 0 Å². The minimum Gasteiger partial charge on any atom is -0.497 e. The third kappa shape index (κ3) is 2.61. The number of halogens is 2. The fourth-order valence-corrected chi connectivity index (χ4v) is 3.19. The van der Waals surface area contributed by atoms with Crippen molar-refractivity contribution in [3.8, 4) is 11.4 Å². The monoisotopic (exact) mass is 355 g/mol. The first kappa shape index (κ1) is 16.3. The van der Waals surface area contributed by atoms with Gasteiger partial charge in [-0.25, -0.2) is 13.8 Å². The van der Waals surface area contributed by atoms with Crippen LogP contribution in [0, 0.1) is 11.6 Å². The van der Waals surface area contributed by atoms with Gasteiger partial charge in [0.05, 0.1) is 12.8 Å². The second-order valence-corrected chi connectivity index (χ2v) is 5.99. The molecular weight excluding hydrogens is 340 g/mol. The number of carbonyl (C=O) groups excluding carboxylic acids is 1. The van der Waals surface area contributed by atoms with Crippen LogP contribution in [0.15, 0.2) is 48.8 Å². The first-order chi connectivity index (χ1) is 12.6. The van der Waals surface area contributed by atoms with Crippen LogP contribution in [0.4, 0.5) is 14.6 Å². The summed E-state index contributed by atoms with van der Waals surface area (Å²) in [6, 6.07) is 11.2. The average Bonchev–Trinajstić information content (AvgIpc) is 3.07. The number of rotatable bonds is 3. The fourth-order valence-electron chi connectivity index (χ4n) is 3.19. The first-order valence-corrected chi connectivity index (χ1v) is 8.04. The number of benzene rings is 2. The van der Waals surface area contributed by atoms with Crippen molar-refractivity contribution in [2.45, 2.75) is 12.3 Å². The summed E-state index contributed by atoms with van der Waals surface area (Å²) in [5.74, 6) is -1.65. The molecule has 0 bridgehead atoms. The van der Waals surface area contributed by atoms with Crippen LogP contribution in [0.3, 0.4) is 0 Å². The van der Waals surface area contributed by atoms with Crippen molar-refractivity contribution in [3.05, 3.63) is 71.7 Å². The lowest BCUT2D eigenvalue weighted by molar-refractivity contribution is -0.116. The van der Waals surface area contributed by atoms with E-state index in [-0.39, 0.29) is 17.9 Å². The molecule has 0 aliphatic carbocycles. The molecule has 26 heavy (non-hydrogen) atoms. The molecule has 2 heterocycles. The molecule has 0 radical (unpaired) electrons. The number of amides is 1. The van der Waals surface area contributed by atoms with Crippen LogP contribution >= 0.6 is 0 Å². The van der Waals surface area contributed by atoms with Crippen LogP contribution in [0.5, 0.6) is 5.75 Å². The van der Waals surface area contributed by atoms with Crippen LogP contribution in [0.1, 0.15) is 23.6 Å². The van der Waals surface area contributed by atoms with Crippen molar-refractivity contribution in [1.29, 1.82) is 0 Å². The molecule has 1 aromatic heterocycles. The van der Waals surface area contributed by atoms with E-state index >= 15 is 0 Å². The molecular formula is C19H15F2N3O2. The van der Waals surface area contributed by atoms with Crippen LogP contribution < -0.4 is 10.1 Å². The van der Waals surface area contributed by atoms with Crippen molar-refractivity contribution < 1.29 is 18.3 Å². The molecule has 1 atom stereocenters. The molecule has 1 amide bonds. The average molecular weight is 355 g/mol. The highest BCUT2D eigenvalue weighted by Crippen LogP contribution is 2.38. The Bertz CT molecular complexity index is 983. The van der Waals surface area contributed by atoms with Crippen molar-refractivity contribution >= 4 is 11.7 Å². The topological polar surface area (TPSA) is 56.1 Å². The van der Waals surface area contributed by atoms with Gasteiger partial charge >= 0.3 is 0 Å². The van der Waals surface area contributed by atoms with E-state index < -0.39 is 17.6 Å². The minimum absolute atomic E-state index is 0.00694. The Labute approximate surface area is 148 Å². The van der Waals surface area contributed by atoms with E-state index in [1.54, 1.807) is 30.1 Å². The highest BCUT2D eigenvalue weighted by molar-refractivity contribution is 5.94. The van der Waals surface area contributed by atoms with Crippen molar-refractivity contribution in [1.82, 2.24) is 9.55 Å². The van der Waals surface area contributed by atoms with Crippen molar-refractivity contribution in [2.24, 2.45) is 0 Å². The van der Waals surface area contributed by atoms with Gasteiger partial charge in [-0.3, -0.25) is 9.36 Å². The molecule has 0 saturated carbocycles. The van der Waals surface area contributed by atoms with Gasteiger partial charge in [0.15, 0.2) is 11.6 Å². The zero-order valence-electron chi connectivity index (χ0n) is 13.9. The molecule has 0 saturated heterocycles. The summed E-state index contributed by atoms with van der Waals surface area (Å²) in [7, 11) is 1.58. The molecule has 1 aliphatic heterocycles. The third-order valence-electron chi connectivity index (χ3n) is 4.48. The van der Waals surface area contributed by atoms with Crippen LogP contribution in [0.2, 0.25) is 0 Å². The number of nitrogens with one attached hydrogen (secondary N) is 1. The van der Waals surface area contributed by atoms with Crippen molar-refractivity contribution in [3.63, 3.8) is 0 Å². The molecule has 1 aliphatic rings. The van der Waals surface area contributed by atoms with E-state index in [2.05, 4.69) is 10.3 Å². The van der Waals surface area contributed by atoms with Crippen molar-refractivity contribution in [2.75, 3.05) is 12.4 Å². The zero-order valence-corrected chi connectivity index (χ0v) is 13.9. The summed E-state index contributed by atoms with van der Waals surface area (Å²) >= 11 is 0. The van der Waals surface area contributed by atoms with Gasteiger partial charge in [0.1, 0.15) is 17.9 Å². The number of fused-ring (bicyclic) bond motifs is 1. The molecule has 132 valence electrons. The standard InChI is InChI=1S/C19H15F2N3O2/c1-26-12-7-5-11(6-8-12)24-10-22-18-14(9-16(25)23-19(18)24)13-3-2-4-15(20)17(13)21/h2-8,10,14H,9H2,1H3,(H,23,25)/t14-/m1/s1. The number of imidazole rings is 1. The Morgan fingerprint density at radius 1 is 1.19 bits per heavy atom. The summed E-state index contributed by atoms with van der Waals surface area (Å²) in [4.78, 5) is 16.6. The Kier molecular flexibility index (Phi) is 3.91. The SMILES string of the molecule is COc1ccc(-n2cnc3c2NC(=O)C[C@@H]3c2cccc(F)c2F)cc1. The predicted octanol–water partition coefficient (Wildman–Crippen LogP) is 3.63. The van der Waals surface area contributed by atoms with E-state index in [4.69, 9.17) is 4.74 Å². The number of aromatic nitrogens is 2. The molecule has 2 aromatic carbocycles. The molecule has 1 N–H and O–H groups in total. The molecule has 3 aromatic rings. The molecule has 4 rings (SSSR count). The normalized spacial score (nSPS) is 16.1. The number of hydrogen-bond acceptors (Lipinski definition) is 3. The Morgan fingerprint density at radius 2 is 1.96 bits per heavy atom. The summed E-state index contributed by atoms with van der Waals surface area (Å²) in [6.45, 7) is 0. The second kappa shape index (κ2) is 6.25. The molecule has 0 fully saturated rings. The lowest BCUT2D eigenvalue weighted by Gasteiger charge is -2.23. The van der Waals surface area contributed by atoms with Gasteiger partial charge in [0, 0.05) is 23.6 Å². The number of ether oxygens (including phenoxy) is 1. The van der Waals surface area contributed by atoms with E-state index in [1.165, 1.54) is 12.1 Å². The van der Waals surface area contributed by atoms with Gasteiger partial charge in [-0.05, 0) is 30.3 Å². The number of hydrogen-bond donors (Lipinski definition) is 1. The maximum absolute atomic E-state index is 14.3. The lowest BCUT2D eigenvalue weighted by atomic mass is 9.89. The maximum Gasteiger partial charge on any atom is 0.226 e. The summed E-state index contributed by atoms with van der Waals surface area (Å²) in [6.07, 6.45) is 1.56. The smallest absolute Gasteiger partial charge is 0.226 e. The first-order valence-electron chi connectivity index (χ1n) is 8.04. The van der Waals surface area contributed by atoms with Gasteiger partial charge in [0.2, 0.25) is 5.91 Å². The van der Waals surface area contributed by atoms with E-state index in [9.17, 15) is 13.6 Å². The summed E-state index contributed by atoms with van der Waals surface area (Å²) < 4.78 is 34.7. The third-order valence-corrected chi connectivity index (χ3v) is 4.48. The minimum atomic E-state index is -0.947. The number of carbonyl (C=O) groups is 1. The highest BCUT2D eigenvalue weighted by Gasteiger charge is 2.33. The van der Waals surface area contributed by atoms with E-state index in [1.807, 2.05) is 12.1 Å². The second-order valence-electron chi connectivity index (χ2n) is 5.99. The molecule has 0 spiro atoms. The zero-order chi connectivity index (χ0) is 18.3. The maximum atomic E-state index is 14.3. The number of nitrogens with zero attached hydrogens (tertiary/aromatic N) is 2. The molecule has 0 unspecified atom stereocenters. The molecule has 7 heteroatoms. The fraction of sp³-hybridized carbons (Fsp3) is 0.158. The summed E-state index contributed by atoms with van der Waals surface area (Å²) in [5.41, 5.74) is 1.39. The van der Waals surface area contributed by atoms with Gasteiger partial charge in [-0.1, -0.05) is 12.1 Å². The lowest BCUT2D eigenvalue weighted by Crippen LogP contribution is -2.25. The van der Waals surface area contributed by atoms with Gasteiger partial charge in [0.25, 0.3) is 0 Å². The number of anilines is 1. The Balaban J connectivity index is 1.81. The van der Waals surface area contributed by atoms with Crippen LogP contribution in [-0.4, -0.2) is 22.6 Å². The highest BCUT2D eigenvalue weighted by atomic mass is 19.2. The van der Waals surface area contributed by atoms with E-state index in [0.29, 0.717) is 17.3 Å². The van der Waals surface area contributed by atoms with Gasteiger partial charge in [-0.15, -0.1) is 0 Å². The van der Waals surface area contributed by atoms with Gasteiger partial charge < -0.3 is 10.1 Å². The van der Waals surface area contributed by atoms with Crippen LogP contribution in [0.25, 0.3) is 5.69 Å². The quantitative estimate of drug-likeness (QED) is 0.781. The summed E-state index contributed by atoms with van der Waals surface area (Å²) in [5, 5.41) is 2.78. The Hall–Kier alpha value is -3.22. The van der Waals surface area contributed by atoms with Crippen LogP contribution in [-0.2, 0) is 4.79 Å². The predicted molar refractivity (Wildman–Crippen MR) is 91.6 cm³/mol. The Morgan fingerprint density at radius 3 is 2.69 bits per heavy atom.